The van der Waals surface area contributed by atoms with Gasteiger partial charge in [0.1, 0.15) is 0 Å². The van der Waals surface area contributed by atoms with Crippen molar-refractivity contribution in [3.05, 3.63) is 35.9 Å². The second kappa shape index (κ2) is 7.59. The highest BCUT2D eigenvalue weighted by Gasteiger charge is 2.38. The van der Waals surface area contributed by atoms with E-state index in [4.69, 9.17) is 0 Å². The lowest BCUT2D eigenvalue weighted by Crippen LogP contribution is -2.42. The van der Waals surface area contributed by atoms with Crippen molar-refractivity contribution in [2.24, 2.45) is 11.8 Å². The van der Waals surface area contributed by atoms with Gasteiger partial charge in [-0.2, -0.15) is 0 Å². The highest BCUT2D eigenvalue weighted by molar-refractivity contribution is 5.89. The molecule has 0 spiro atoms. The van der Waals surface area contributed by atoms with Crippen molar-refractivity contribution in [3.8, 4) is 0 Å². The number of carbonyl (C=O) groups excluding carboxylic acids is 3. The van der Waals surface area contributed by atoms with E-state index in [9.17, 15) is 14.4 Å². The molecule has 0 unspecified atom stereocenters. The van der Waals surface area contributed by atoms with E-state index in [1.165, 1.54) is 0 Å². The second-order valence-corrected chi connectivity index (χ2v) is 5.58. The van der Waals surface area contributed by atoms with E-state index < -0.39 is 0 Å². The van der Waals surface area contributed by atoms with Crippen LogP contribution in [0, 0.1) is 11.8 Å². The Labute approximate surface area is 129 Å². The number of rotatable bonds is 7. The maximum Gasteiger partial charge on any atom is 0.239 e. The summed E-state index contributed by atoms with van der Waals surface area (Å²) >= 11 is 0. The zero-order valence-electron chi connectivity index (χ0n) is 12.6. The summed E-state index contributed by atoms with van der Waals surface area (Å²) in [5.41, 5.74) is 0.994. The summed E-state index contributed by atoms with van der Waals surface area (Å²) in [6.07, 6.45) is 0.884. The normalized spacial score (nSPS) is 19.1. The molecule has 3 N–H and O–H groups in total. The Morgan fingerprint density at radius 1 is 1.00 bits per heavy atom. The molecular formula is C16H21N3O3. The number of benzene rings is 1. The van der Waals surface area contributed by atoms with E-state index in [2.05, 4.69) is 16.0 Å². The van der Waals surface area contributed by atoms with E-state index in [-0.39, 0.29) is 36.7 Å². The van der Waals surface area contributed by atoms with Crippen LogP contribution in [0.25, 0.3) is 0 Å². The predicted octanol–water partition coefficient (Wildman–Crippen LogP) is 0.191. The average molecular weight is 303 g/mol. The van der Waals surface area contributed by atoms with Gasteiger partial charge in [-0.1, -0.05) is 37.3 Å². The summed E-state index contributed by atoms with van der Waals surface area (Å²) in [5, 5.41) is 7.76. The lowest BCUT2D eigenvalue weighted by Gasteiger charge is -2.08. The van der Waals surface area contributed by atoms with Crippen LogP contribution in [0.5, 0.6) is 0 Å². The Balaban J connectivity index is 1.57. The van der Waals surface area contributed by atoms with E-state index in [1.54, 1.807) is 0 Å². The van der Waals surface area contributed by atoms with E-state index in [1.807, 2.05) is 37.3 Å². The van der Waals surface area contributed by atoms with Gasteiger partial charge in [0.15, 0.2) is 0 Å². The summed E-state index contributed by atoms with van der Waals surface area (Å²) in [6, 6.07) is 9.52. The van der Waals surface area contributed by atoms with Gasteiger partial charge in [-0.3, -0.25) is 14.4 Å². The molecule has 22 heavy (non-hydrogen) atoms. The Bertz CT molecular complexity index is 545. The maximum absolute atomic E-state index is 11.6. The highest BCUT2D eigenvalue weighted by Crippen LogP contribution is 2.37. The van der Waals surface area contributed by atoms with Crippen molar-refractivity contribution in [2.45, 2.75) is 19.9 Å². The van der Waals surface area contributed by atoms with Crippen LogP contribution in [0.15, 0.2) is 30.3 Å². The Morgan fingerprint density at radius 3 is 2.23 bits per heavy atom. The maximum atomic E-state index is 11.6. The molecule has 3 amide bonds. The smallest absolute Gasteiger partial charge is 0.239 e. The van der Waals surface area contributed by atoms with Crippen LogP contribution in [0.2, 0.25) is 0 Å². The lowest BCUT2D eigenvalue weighted by molar-refractivity contribution is -0.128. The first-order valence-corrected chi connectivity index (χ1v) is 7.41. The number of amides is 3. The molecule has 1 aromatic carbocycles. The number of hydrogen-bond donors (Lipinski definition) is 3. The molecule has 6 nitrogen and oxygen atoms in total. The molecule has 2 atom stereocenters. The third-order valence-corrected chi connectivity index (χ3v) is 3.65. The van der Waals surface area contributed by atoms with Gasteiger partial charge in [-0.25, -0.2) is 0 Å². The number of hydrogen-bond acceptors (Lipinski definition) is 3. The fourth-order valence-corrected chi connectivity index (χ4v) is 2.09. The van der Waals surface area contributed by atoms with Crippen LogP contribution in [-0.4, -0.2) is 30.8 Å². The summed E-state index contributed by atoms with van der Waals surface area (Å²) in [4.78, 5) is 34.7. The minimum absolute atomic E-state index is 0.0435. The van der Waals surface area contributed by atoms with Gasteiger partial charge in [0, 0.05) is 12.5 Å². The predicted molar refractivity (Wildman–Crippen MR) is 81.6 cm³/mol. The third-order valence-electron chi connectivity index (χ3n) is 3.65. The van der Waals surface area contributed by atoms with Crippen molar-refractivity contribution >= 4 is 17.7 Å². The van der Waals surface area contributed by atoms with Crippen molar-refractivity contribution in [2.75, 3.05) is 13.1 Å². The summed E-state index contributed by atoms with van der Waals surface area (Å²) in [5.74, 6) is -0.263. The summed E-state index contributed by atoms with van der Waals surface area (Å²) < 4.78 is 0. The zero-order valence-corrected chi connectivity index (χ0v) is 12.6. The Hall–Kier alpha value is -2.37. The molecule has 0 aliphatic heterocycles. The van der Waals surface area contributed by atoms with Crippen LogP contribution >= 0.6 is 0 Å². The molecular weight excluding hydrogens is 282 g/mol. The van der Waals surface area contributed by atoms with Gasteiger partial charge in [0.25, 0.3) is 0 Å². The van der Waals surface area contributed by atoms with Crippen LogP contribution in [0.3, 0.4) is 0 Å². The molecule has 1 saturated carbocycles. The molecule has 0 bridgehead atoms. The lowest BCUT2D eigenvalue weighted by atomic mass is 10.2. The molecule has 0 saturated heterocycles. The van der Waals surface area contributed by atoms with Crippen molar-refractivity contribution in [3.63, 3.8) is 0 Å². The van der Waals surface area contributed by atoms with Gasteiger partial charge >= 0.3 is 0 Å². The zero-order chi connectivity index (χ0) is 15.9. The summed E-state index contributed by atoms with van der Waals surface area (Å²) in [7, 11) is 0. The highest BCUT2D eigenvalue weighted by atomic mass is 16.2. The van der Waals surface area contributed by atoms with Crippen LogP contribution in [0.1, 0.15) is 18.9 Å². The first-order chi connectivity index (χ1) is 10.6. The Morgan fingerprint density at radius 2 is 1.59 bits per heavy atom. The molecule has 1 aromatic rings. The van der Waals surface area contributed by atoms with E-state index in [0.29, 0.717) is 12.5 Å². The molecule has 0 aromatic heterocycles. The molecule has 118 valence electrons. The topological polar surface area (TPSA) is 87.3 Å². The summed E-state index contributed by atoms with van der Waals surface area (Å²) in [6.45, 7) is 2.24. The van der Waals surface area contributed by atoms with Gasteiger partial charge in [-0.15, -0.1) is 0 Å². The largest absolute Gasteiger partial charge is 0.350 e. The van der Waals surface area contributed by atoms with Crippen LogP contribution in [-0.2, 0) is 20.9 Å². The quantitative estimate of drug-likeness (QED) is 0.672. The fraction of sp³-hybridized carbons (Fsp3) is 0.438. The van der Waals surface area contributed by atoms with Crippen molar-refractivity contribution in [1.82, 2.24) is 16.0 Å². The van der Waals surface area contributed by atoms with Gasteiger partial charge in [-0.05, 0) is 17.9 Å². The molecule has 0 heterocycles. The van der Waals surface area contributed by atoms with Gasteiger partial charge in [0.05, 0.1) is 13.1 Å². The van der Waals surface area contributed by atoms with E-state index >= 15 is 0 Å². The van der Waals surface area contributed by atoms with Crippen LogP contribution in [0.4, 0.5) is 0 Å². The fourth-order valence-electron chi connectivity index (χ4n) is 2.09. The molecule has 0 radical (unpaired) electrons. The van der Waals surface area contributed by atoms with Gasteiger partial charge in [0.2, 0.25) is 17.7 Å². The monoisotopic (exact) mass is 303 g/mol. The molecule has 2 rings (SSSR count). The van der Waals surface area contributed by atoms with Gasteiger partial charge < -0.3 is 16.0 Å². The SMILES string of the molecule is C[C@H]1C[C@@H]1C(=O)NCC(=O)NCC(=O)NCc1ccccc1. The molecule has 6 heteroatoms. The first kappa shape index (κ1) is 16.0. The molecule has 1 aliphatic rings. The molecule has 1 aliphatic carbocycles. The minimum Gasteiger partial charge on any atom is -0.350 e. The van der Waals surface area contributed by atoms with E-state index in [0.717, 1.165) is 12.0 Å². The second-order valence-electron chi connectivity index (χ2n) is 5.58. The number of carbonyl (C=O) groups is 3. The van der Waals surface area contributed by atoms with Crippen molar-refractivity contribution in [1.29, 1.82) is 0 Å². The van der Waals surface area contributed by atoms with Crippen molar-refractivity contribution < 1.29 is 14.4 Å². The Kier molecular flexibility index (Phi) is 5.52. The van der Waals surface area contributed by atoms with Crippen LogP contribution < -0.4 is 16.0 Å². The molecule has 1 fully saturated rings. The third kappa shape index (κ3) is 5.20. The standard InChI is InChI=1S/C16H21N3O3/c1-11-7-13(11)16(22)19-10-15(21)18-9-14(20)17-8-12-5-3-2-4-6-12/h2-6,11,13H,7-10H2,1H3,(H,17,20)(H,18,21)(H,19,22)/t11-,13-/m0/s1. The number of nitrogens with one attached hydrogen (secondary N) is 3. The average Bonchev–Trinajstić information content (AvgIpc) is 3.26. The minimum atomic E-state index is -0.364. The first-order valence-electron chi connectivity index (χ1n) is 7.41.